The Morgan fingerprint density at radius 1 is 1.07 bits per heavy atom. The summed E-state index contributed by atoms with van der Waals surface area (Å²) in [6, 6.07) is 19.1. The Morgan fingerprint density at radius 3 is 2.59 bits per heavy atom. The Hall–Kier alpha value is -3.37. The standard InChI is InChI=1S/C20H14N2O4S/c21-11-14-4-1-5-15(10-14)13-26-19(23)12-22-17-8-2-6-16-7-3-9-18(20(16)17)27(22,24)25/h1-10H,12-13H2. The van der Waals surface area contributed by atoms with Gasteiger partial charge in [-0.2, -0.15) is 5.26 Å². The molecule has 4 rings (SSSR count). The third-order valence-electron chi connectivity index (χ3n) is 4.41. The predicted octanol–water partition coefficient (Wildman–Crippen LogP) is 2.96. The van der Waals surface area contributed by atoms with Crippen molar-refractivity contribution in [3.63, 3.8) is 0 Å². The number of anilines is 1. The minimum Gasteiger partial charge on any atom is -0.459 e. The van der Waals surface area contributed by atoms with Crippen molar-refractivity contribution in [2.75, 3.05) is 10.8 Å². The molecule has 0 saturated heterocycles. The lowest BCUT2D eigenvalue weighted by Crippen LogP contribution is -2.33. The summed E-state index contributed by atoms with van der Waals surface area (Å²) in [4.78, 5) is 12.5. The van der Waals surface area contributed by atoms with Crippen LogP contribution in [-0.4, -0.2) is 20.9 Å². The van der Waals surface area contributed by atoms with Crippen LogP contribution < -0.4 is 4.31 Å². The normalized spacial score (nSPS) is 14.1. The number of nitriles is 1. The summed E-state index contributed by atoms with van der Waals surface area (Å²) in [6.45, 7) is -0.437. The maximum Gasteiger partial charge on any atom is 0.327 e. The molecule has 0 spiro atoms. The second-order valence-corrected chi connectivity index (χ2v) is 7.95. The summed E-state index contributed by atoms with van der Waals surface area (Å²) in [5.41, 5.74) is 1.61. The maximum atomic E-state index is 12.8. The molecule has 27 heavy (non-hydrogen) atoms. The number of ether oxygens (including phenoxy) is 1. The third-order valence-corrected chi connectivity index (χ3v) is 6.21. The molecule has 0 radical (unpaired) electrons. The highest BCUT2D eigenvalue weighted by molar-refractivity contribution is 7.93. The van der Waals surface area contributed by atoms with Gasteiger partial charge in [-0.3, -0.25) is 9.10 Å². The van der Waals surface area contributed by atoms with Gasteiger partial charge in [0.1, 0.15) is 13.2 Å². The zero-order chi connectivity index (χ0) is 19.0. The lowest BCUT2D eigenvalue weighted by atomic mass is 10.1. The van der Waals surface area contributed by atoms with E-state index in [0.717, 1.165) is 9.69 Å². The highest BCUT2D eigenvalue weighted by Crippen LogP contribution is 2.41. The number of nitrogens with zero attached hydrogens (tertiary/aromatic N) is 2. The average molecular weight is 378 g/mol. The van der Waals surface area contributed by atoms with E-state index in [-0.39, 0.29) is 11.5 Å². The van der Waals surface area contributed by atoms with Gasteiger partial charge >= 0.3 is 5.97 Å². The van der Waals surface area contributed by atoms with Crippen molar-refractivity contribution >= 4 is 32.5 Å². The van der Waals surface area contributed by atoms with E-state index in [1.54, 1.807) is 48.5 Å². The molecule has 7 heteroatoms. The van der Waals surface area contributed by atoms with Crippen LogP contribution in [0.5, 0.6) is 0 Å². The Balaban J connectivity index is 1.55. The second-order valence-electron chi connectivity index (χ2n) is 6.12. The van der Waals surface area contributed by atoms with E-state index in [9.17, 15) is 13.2 Å². The summed E-state index contributed by atoms with van der Waals surface area (Å²) in [7, 11) is -3.80. The average Bonchev–Trinajstić information content (AvgIpc) is 2.90. The molecule has 0 N–H and O–H groups in total. The molecule has 1 heterocycles. The van der Waals surface area contributed by atoms with Crippen molar-refractivity contribution in [2.24, 2.45) is 0 Å². The van der Waals surface area contributed by atoms with Gasteiger partial charge < -0.3 is 4.74 Å². The van der Waals surface area contributed by atoms with Crippen LogP contribution in [0.4, 0.5) is 5.69 Å². The zero-order valence-electron chi connectivity index (χ0n) is 14.1. The van der Waals surface area contributed by atoms with E-state index in [1.165, 1.54) is 0 Å². The van der Waals surface area contributed by atoms with Crippen molar-refractivity contribution in [1.29, 1.82) is 5.26 Å². The highest BCUT2D eigenvalue weighted by Gasteiger charge is 2.36. The molecule has 134 valence electrons. The van der Waals surface area contributed by atoms with Gasteiger partial charge in [-0.1, -0.05) is 36.4 Å². The van der Waals surface area contributed by atoms with Crippen molar-refractivity contribution in [3.8, 4) is 6.07 Å². The van der Waals surface area contributed by atoms with Crippen LogP contribution in [0, 0.1) is 11.3 Å². The number of esters is 1. The Kier molecular flexibility index (Phi) is 4.05. The fraction of sp³-hybridized carbons (Fsp3) is 0.100. The van der Waals surface area contributed by atoms with Gasteiger partial charge in [0.15, 0.2) is 0 Å². The number of rotatable bonds is 4. The molecule has 0 aromatic heterocycles. The highest BCUT2D eigenvalue weighted by atomic mass is 32.2. The van der Waals surface area contributed by atoms with Crippen molar-refractivity contribution < 1.29 is 17.9 Å². The zero-order valence-corrected chi connectivity index (χ0v) is 14.9. The van der Waals surface area contributed by atoms with Gasteiger partial charge in [0.25, 0.3) is 10.0 Å². The van der Waals surface area contributed by atoms with E-state index in [0.29, 0.717) is 22.2 Å². The molecular weight excluding hydrogens is 364 g/mol. The predicted molar refractivity (Wildman–Crippen MR) is 99.4 cm³/mol. The fourth-order valence-corrected chi connectivity index (χ4v) is 4.84. The molecular formula is C20H14N2O4S. The Labute approximate surface area is 156 Å². The summed E-state index contributed by atoms with van der Waals surface area (Å²) in [5.74, 6) is -0.661. The van der Waals surface area contributed by atoms with Crippen LogP contribution in [0.1, 0.15) is 11.1 Å². The molecule has 0 atom stereocenters. The molecule has 1 aliphatic heterocycles. The smallest absolute Gasteiger partial charge is 0.327 e. The van der Waals surface area contributed by atoms with Crippen LogP contribution in [0.2, 0.25) is 0 Å². The van der Waals surface area contributed by atoms with E-state index < -0.39 is 22.5 Å². The van der Waals surface area contributed by atoms with E-state index in [1.807, 2.05) is 18.2 Å². The van der Waals surface area contributed by atoms with Crippen LogP contribution >= 0.6 is 0 Å². The first-order valence-corrected chi connectivity index (χ1v) is 9.64. The molecule has 1 aliphatic rings. The van der Waals surface area contributed by atoms with Crippen molar-refractivity contribution in [3.05, 3.63) is 71.8 Å². The topological polar surface area (TPSA) is 87.5 Å². The van der Waals surface area contributed by atoms with Crippen molar-refractivity contribution in [1.82, 2.24) is 0 Å². The second kappa shape index (κ2) is 6.41. The lowest BCUT2D eigenvalue weighted by molar-refractivity contribution is -0.143. The summed E-state index contributed by atoms with van der Waals surface area (Å²) in [6.07, 6.45) is 0. The molecule has 0 saturated carbocycles. The van der Waals surface area contributed by atoms with E-state index in [4.69, 9.17) is 10.00 Å². The molecule has 3 aromatic carbocycles. The largest absolute Gasteiger partial charge is 0.459 e. The number of hydrogen-bond acceptors (Lipinski definition) is 5. The summed E-state index contributed by atoms with van der Waals surface area (Å²) >= 11 is 0. The maximum absolute atomic E-state index is 12.8. The quantitative estimate of drug-likeness (QED) is 0.652. The van der Waals surface area contributed by atoms with Gasteiger partial charge in [0, 0.05) is 5.39 Å². The summed E-state index contributed by atoms with van der Waals surface area (Å²) < 4.78 is 32.0. The molecule has 0 bridgehead atoms. The molecule has 0 aliphatic carbocycles. The van der Waals surface area contributed by atoms with Crippen LogP contribution in [0.3, 0.4) is 0 Å². The first kappa shape index (κ1) is 17.1. The van der Waals surface area contributed by atoms with Gasteiger partial charge in [0.05, 0.1) is 22.2 Å². The molecule has 0 unspecified atom stereocenters. The van der Waals surface area contributed by atoms with Crippen molar-refractivity contribution in [2.45, 2.75) is 11.5 Å². The molecule has 0 amide bonds. The van der Waals surface area contributed by atoms with Gasteiger partial charge in [0.2, 0.25) is 0 Å². The SMILES string of the molecule is N#Cc1cccc(COC(=O)CN2c3cccc4cccc(c34)S2(=O)=O)c1. The molecule has 6 nitrogen and oxygen atoms in total. The molecule has 0 fully saturated rings. The number of hydrogen-bond donors (Lipinski definition) is 0. The molecule has 3 aromatic rings. The number of carbonyl (C=O) groups excluding carboxylic acids is 1. The monoisotopic (exact) mass is 378 g/mol. The Bertz CT molecular complexity index is 1210. The first-order valence-electron chi connectivity index (χ1n) is 8.20. The van der Waals surface area contributed by atoms with Crippen LogP contribution in [0.25, 0.3) is 10.8 Å². The van der Waals surface area contributed by atoms with Crippen LogP contribution in [-0.2, 0) is 26.2 Å². The minimum atomic E-state index is -3.80. The summed E-state index contributed by atoms with van der Waals surface area (Å²) in [5, 5.41) is 10.3. The number of benzene rings is 3. The van der Waals surface area contributed by atoms with Crippen LogP contribution in [0.15, 0.2) is 65.6 Å². The Morgan fingerprint density at radius 2 is 1.81 bits per heavy atom. The van der Waals surface area contributed by atoms with E-state index >= 15 is 0 Å². The third kappa shape index (κ3) is 2.90. The minimum absolute atomic E-state index is 0.0284. The van der Waals surface area contributed by atoms with Gasteiger partial charge in [-0.05, 0) is 35.2 Å². The lowest BCUT2D eigenvalue weighted by Gasteiger charge is -2.17. The van der Waals surface area contributed by atoms with E-state index in [2.05, 4.69) is 0 Å². The van der Waals surface area contributed by atoms with Gasteiger partial charge in [-0.15, -0.1) is 0 Å². The number of carbonyl (C=O) groups is 1. The number of sulfonamides is 1. The fourth-order valence-electron chi connectivity index (χ4n) is 3.19. The first-order chi connectivity index (χ1) is 13.0. The van der Waals surface area contributed by atoms with Gasteiger partial charge in [-0.25, -0.2) is 8.42 Å².